The molecule has 0 atom stereocenters. The van der Waals surface area contributed by atoms with E-state index < -0.39 is 22.8 Å². The lowest BCUT2D eigenvalue weighted by molar-refractivity contribution is -0.369. The molecule has 3 aromatic heterocycles. The fourth-order valence-electron chi connectivity index (χ4n) is 3.19. The van der Waals surface area contributed by atoms with Crippen LogP contribution in [-0.4, -0.2) is 51.2 Å². The molecule has 0 aliphatic carbocycles. The predicted octanol–water partition coefficient (Wildman–Crippen LogP) is 0.142. The Morgan fingerprint density at radius 1 is 1.50 bits per heavy atom. The first-order valence-electron chi connectivity index (χ1n) is 8.27. The number of aromatic carboxylic acids is 1. The number of hydroxylamine groups is 1. The number of hydrogen-bond donors (Lipinski definition) is 2. The van der Waals surface area contributed by atoms with Crippen LogP contribution in [0.2, 0.25) is 0 Å². The number of carboxylic acid groups (broad SMARTS) is 1. The molecule has 0 saturated carbocycles. The van der Waals surface area contributed by atoms with Crippen molar-refractivity contribution in [3.8, 4) is 5.13 Å². The largest absolute Gasteiger partial charge is 0.477 e. The minimum Gasteiger partial charge on any atom is -0.477 e. The van der Waals surface area contributed by atoms with Crippen LogP contribution in [0.15, 0.2) is 17.3 Å². The van der Waals surface area contributed by atoms with Crippen LogP contribution < -0.4 is 20.8 Å². The predicted molar refractivity (Wildman–Crippen MR) is 97.4 cm³/mol. The van der Waals surface area contributed by atoms with E-state index in [2.05, 4.69) is 19.8 Å². The van der Waals surface area contributed by atoms with Gasteiger partial charge in [-0.15, -0.1) is 0 Å². The molecule has 0 aromatic carbocycles. The van der Waals surface area contributed by atoms with E-state index in [1.54, 1.807) is 4.90 Å². The maximum absolute atomic E-state index is 15.0. The molecule has 10 nitrogen and oxygen atoms in total. The first-order valence-corrected chi connectivity index (χ1v) is 9.04. The van der Waals surface area contributed by atoms with Crippen LogP contribution in [0.1, 0.15) is 15.9 Å². The zero-order valence-corrected chi connectivity index (χ0v) is 15.7. The van der Waals surface area contributed by atoms with Gasteiger partial charge < -0.3 is 14.8 Å². The van der Waals surface area contributed by atoms with Crippen molar-refractivity contribution in [2.75, 3.05) is 25.1 Å². The lowest BCUT2D eigenvalue weighted by Crippen LogP contribution is -2.58. The summed E-state index contributed by atoms with van der Waals surface area (Å²) in [5, 5.41) is 9.77. The first-order chi connectivity index (χ1) is 13.4. The molecule has 146 valence electrons. The summed E-state index contributed by atoms with van der Waals surface area (Å²) in [6.07, 6.45) is 2.61. The lowest BCUT2D eigenvalue weighted by atomic mass is 10.1. The quantitative estimate of drug-likeness (QED) is 0.573. The molecule has 3 N–H and O–H groups in total. The number of H-pyrrole nitrogens is 1. The molecule has 12 heteroatoms. The molecule has 1 aliphatic rings. The Hall–Kier alpha value is -2.96. The van der Waals surface area contributed by atoms with E-state index in [1.807, 2.05) is 0 Å². The van der Waals surface area contributed by atoms with Crippen molar-refractivity contribution in [1.82, 2.24) is 19.4 Å². The normalized spacial score (nSPS) is 14.5. The number of aromatic amines is 1. The van der Waals surface area contributed by atoms with Crippen LogP contribution in [-0.2, 0) is 4.84 Å². The zero-order valence-electron chi connectivity index (χ0n) is 14.9. The third kappa shape index (κ3) is 2.82. The van der Waals surface area contributed by atoms with E-state index in [0.29, 0.717) is 18.2 Å². The minimum absolute atomic E-state index is 0.0358. The lowest BCUT2D eigenvalue weighted by Gasteiger charge is -2.40. The van der Waals surface area contributed by atoms with Crippen LogP contribution in [0.3, 0.4) is 0 Å². The Morgan fingerprint density at radius 2 is 2.25 bits per heavy atom. The number of nitrogens with one attached hydrogen (secondary N) is 2. The van der Waals surface area contributed by atoms with E-state index in [-0.39, 0.29) is 28.5 Å². The number of carbonyl (C=O) groups is 1. The molecule has 4 rings (SSSR count). The number of aryl methyl sites for hydroxylation is 1. The number of fused-ring (bicyclic) bond motifs is 1. The van der Waals surface area contributed by atoms with Gasteiger partial charge in [-0.1, -0.05) is 0 Å². The van der Waals surface area contributed by atoms with Gasteiger partial charge in [-0.05, 0) is 11.3 Å². The molecule has 1 fully saturated rings. The van der Waals surface area contributed by atoms with Crippen molar-refractivity contribution in [3.63, 3.8) is 0 Å². The molecule has 0 unspecified atom stereocenters. The molecule has 3 aromatic rings. The summed E-state index contributed by atoms with van der Waals surface area (Å²) < 4.78 is 20.4. The highest BCUT2D eigenvalue weighted by molar-refractivity contribution is 7.07. The Kier molecular flexibility index (Phi) is 4.53. The highest BCUT2D eigenvalue weighted by atomic mass is 32.1. The van der Waals surface area contributed by atoms with Gasteiger partial charge in [0.05, 0.1) is 24.7 Å². The van der Waals surface area contributed by atoms with E-state index in [9.17, 15) is 14.7 Å². The van der Waals surface area contributed by atoms with Crippen LogP contribution in [0.4, 0.5) is 10.2 Å². The highest BCUT2D eigenvalue weighted by Gasteiger charge is 2.33. The van der Waals surface area contributed by atoms with Crippen LogP contribution in [0.25, 0.3) is 16.2 Å². The SMILES string of the molecule is CONC1CN(c2nc3c(c(C)c2F)c(=O)c(C(=O)O)cn3-c2[nH+]cns2)C1. The molecular formula is C16H16FN6O4S+. The summed E-state index contributed by atoms with van der Waals surface area (Å²) in [6, 6.07) is 0.0358. The number of halogens is 1. The van der Waals surface area contributed by atoms with Crippen LogP contribution in [0.5, 0.6) is 0 Å². The zero-order chi connectivity index (χ0) is 20.0. The summed E-state index contributed by atoms with van der Waals surface area (Å²) in [7, 11) is 1.51. The van der Waals surface area contributed by atoms with Gasteiger partial charge >= 0.3 is 11.1 Å². The van der Waals surface area contributed by atoms with Crippen molar-refractivity contribution in [3.05, 3.63) is 39.7 Å². The standard InChI is InChI=1S/C16H15FN6O4S/c1-7-10-12(24)9(15(25)26)5-23(16-18-6-19-28-16)13(10)20-14(11(7)17)22-3-8(4-22)21-27-2/h5-6,8,21H,3-4H2,1-2H3,(H,25,26)/p+1. The van der Waals surface area contributed by atoms with Crippen molar-refractivity contribution >= 4 is 34.4 Å². The topological polar surface area (TPSA) is 124 Å². The molecule has 0 bridgehead atoms. The van der Waals surface area contributed by atoms with Crippen molar-refractivity contribution in [1.29, 1.82) is 0 Å². The summed E-state index contributed by atoms with van der Waals surface area (Å²) >= 11 is 1.06. The molecule has 0 spiro atoms. The second-order valence-electron chi connectivity index (χ2n) is 6.32. The number of pyridine rings is 2. The van der Waals surface area contributed by atoms with Crippen molar-refractivity contribution in [2.24, 2.45) is 0 Å². The Morgan fingerprint density at radius 3 is 2.86 bits per heavy atom. The summed E-state index contributed by atoms with van der Waals surface area (Å²) in [6.45, 7) is 2.40. The smallest absolute Gasteiger partial charge is 0.342 e. The monoisotopic (exact) mass is 407 g/mol. The van der Waals surface area contributed by atoms with Gasteiger partial charge in [-0.3, -0.25) is 4.79 Å². The fourth-order valence-corrected chi connectivity index (χ4v) is 3.73. The molecule has 28 heavy (non-hydrogen) atoms. The molecule has 1 saturated heterocycles. The number of aromatic nitrogens is 4. The molecule has 0 radical (unpaired) electrons. The molecule has 4 heterocycles. The Labute approximate surface area is 161 Å². The number of carboxylic acids is 1. The van der Waals surface area contributed by atoms with Gasteiger partial charge in [0.1, 0.15) is 17.1 Å². The number of hydrogen-bond acceptors (Lipinski definition) is 8. The third-order valence-electron chi connectivity index (χ3n) is 4.59. The van der Waals surface area contributed by atoms with Gasteiger partial charge in [-0.2, -0.15) is 10.5 Å². The van der Waals surface area contributed by atoms with Crippen LogP contribution in [0, 0.1) is 12.7 Å². The maximum atomic E-state index is 15.0. The molecular weight excluding hydrogens is 391 g/mol. The Bertz CT molecular complexity index is 1130. The van der Waals surface area contributed by atoms with Gasteiger partial charge in [0, 0.05) is 18.7 Å². The summed E-state index contributed by atoms with van der Waals surface area (Å²) in [5.41, 5.74) is 1.75. The van der Waals surface area contributed by atoms with Gasteiger partial charge in [-0.25, -0.2) is 18.7 Å². The van der Waals surface area contributed by atoms with E-state index in [0.717, 1.165) is 11.5 Å². The van der Waals surface area contributed by atoms with Gasteiger partial charge in [0.15, 0.2) is 11.6 Å². The molecule has 1 aliphatic heterocycles. The van der Waals surface area contributed by atoms with Crippen molar-refractivity contribution in [2.45, 2.75) is 13.0 Å². The molecule has 0 amide bonds. The first kappa shape index (κ1) is 18.4. The van der Waals surface area contributed by atoms with E-state index in [4.69, 9.17) is 4.84 Å². The number of nitrogens with zero attached hydrogens (tertiary/aromatic N) is 4. The van der Waals surface area contributed by atoms with Crippen molar-refractivity contribution < 1.29 is 24.1 Å². The highest BCUT2D eigenvalue weighted by Crippen LogP contribution is 2.29. The summed E-state index contributed by atoms with van der Waals surface area (Å²) in [5.74, 6) is -1.95. The summed E-state index contributed by atoms with van der Waals surface area (Å²) in [4.78, 5) is 38.1. The average Bonchev–Trinajstić information content (AvgIpc) is 3.15. The number of rotatable bonds is 5. The van der Waals surface area contributed by atoms with Crippen LogP contribution >= 0.6 is 11.5 Å². The maximum Gasteiger partial charge on any atom is 0.342 e. The fraction of sp³-hybridized carbons (Fsp3) is 0.312. The third-order valence-corrected chi connectivity index (χ3v) is 5.29. The number of anilines is 1. The van der Waals surface area contributed by atoms with Gasteiger partial charge in [0.2, 0.25) is 17.4 Å². The minimum atomic E-state index is -1.40. The van der Waals surface area contributed by atoms with Gasteiger partial charge in [0.25, 0.3) is 0 Å². The second-order valence-corrected chi connectivity index (χ2v) is 7.10. The van der Waals surface area contributed by atoms with E-state index in [1.165, 1.54) is 31.1 Å². The second kappa shape index (κ2) is 6.89. The Balaban J connectivity index is 1.96. The van der Waals surface area contributed by atoms with E-state index >= 15 is 4.39 Å². The average molecular weight is 407 g/mol.